The standard InChI is InChI=1S/C39H37N2O9P/c1-3-22-48-39(47)50-26(2)34-32(24-33(42)28-15-13-14-27(23-28)25-49-38(40)46)41(35(34)43)36(37(44)45)51(29-16-7-4-8-17-29,30-18-9-5-10-19-30)31-20-11-6-12-21-31/h3-21,23,26,32,34H,1,22,24-25H2,2H3,(H2,40,46)(H,44,45)/t26-,32-,34-/m1/s1. The van der Waals surface area contributed by atoms with Gasteiger partial charge in [0.05, 0.1) is 12.0 Å². The van der Waals surface area contributed by atoms with Crippen LogP contribution in [-0.4, -0.2) is 64.1 Å². The van der Waals surface area contributed by atoms with Crippen molar-refractivity contribution in [1.29, 1.82) is 0 Å². The molecule has 4 aromatic carbocycles. The second-order valence-electron chi connectivity index (χ2n) is 11.7. The van der Waals surface area contributed by atoms with Crippen LogP contribution in [0.2, 0.25) is 0 Å². The molecule has 0 saturated carbocycles. The Morgan fingerprint density at radius 2 is 1.41 bits per heavy atom. The zero-order valence-corrected chi connectivity index (χ0v) is 28.7. The first-order valence-electron chi connectivity index (χ1n) is 16.1. The number of Topliss-reactive ketones (excluding diaryl/α,β-unsaturated/α-hetero) is 1. The van der Waals surface area contributed by atoms with Crippen LogP contribution >= 0.6 is 6.89 Å². The minimum Gasteiger partial charge on any atom is -0.477 e. The lowest BCUT2D eigenvalue weighted by Crippen LogP contribution is -2.68. The average molecular weight is 709 g/mol. The molecule has 51 heavy (non-hydrogen) atoms. The Hall–Kier alpha value is -5.93. The van der Waals surface area contributed by atoms with Gasteiger partial charge in [-0.25, -0.2) is 14.4 Å². The number of carboxylic acids is 1. The molecular weight excluding hydrogens is 671 g/mol. The SMILES string of the molecule is C=CCOC(=O)O[C@H](C)[C@H]1C(=O)N(C(C(=O)O)=P(c2ccccc2)(c2ccccc2)c2ccccc2)[C@@H]1CC(=O)c1cccc(COC(N)=O)c1. The highest BCUT2D eigenvalue weighted by Gasteiger charge is 2.56. The number of carbonyl (C=O) groups is 5. The Bertz CT molecular complexity index is 1880. The highest BCUT2D eigenvalue weighted by molar-refractivity contribution is 7.96. The Kier molecular flexibility index (Phi) is 11.5. The lowest BCUT2D eigenvalue weighted by atomic mass is 9.79. The topological polar surface area (TPSA) is 163 Å². The van der Waals surface area contributed by atoms with Gasteiger partial charge in [0.2, 0.25) is 5.91 Å². The first-order chi connectivity index (χ1) is 24.6. The number of ketones is 1. The van der Waals surface area contributed by atoms with E-state index in [1.807, 2.05) is 91.0 Å². The van der Waals surface area contributed by atoms with E-state index in [0.717, 1.165) is 0 Å². The summed E-state index contributed by atoms with van der Waals surface area (Å²) in [6.07, 6.45) is -2.06. The van der Waals surface area contributed by atoms with Gasteiger partial charge >= 0.3 is 18.2 Å². The highest BCUT2D eigenvalue weighted by Crippen LogP contribution is 2.50. The molecule has 1 heterocycles. The largest absolute Gasteiger partial charge is 0.508 e. The summed E-state index contributed by atoms with van der Waals surface area (Å²) < 4.78 is 15.3. The van der Waals surface area contributed by atoms with Crippen LogP contribution in [0, 0.1) is 5.92 Å². The average Bonchev–Trinajstić information content (AvgIpc) is 3.14. The van der Waals surface area contributed by atoms with Crippen LogP contribution in [0.25, 0.3) is 0 Å². The quantitative estimate of drug-likeness (QED) is 0.0626. The van der Waals surface area contributed by atoms with E-state index in [-0.39, 0.29) is 30.6 Å². The summed E-state index contributed by atoms with van der Waals surface area (Å²) in [7, 11) is 0. The number of aliphatic carboxylic acids is 1. The second-order valence-corrected chi connectivity index (χ2v) is 15.0. The number of carboxylic acid groups (broad SMARTS) is 1. The van der Waals surface area contributed by atoms with Crippen LogP contribution in [0.15, 0.2) is 128 Å². The number of primary amides is 1. The first kappa shape index (κ1) is 36.4. The zero-order valence-electron chi connectivity index (χ0n) is 27.8. The van der Waals surface area contributed by atoms with Crippen LogP contribution in [0.3, 0.4) is 0 Å². The molecule has 0 aromatic heterocycles. The molecule has 3 atom stereocenters. The molecule has 2 amide bonds. The highest BCUT2D eigenvalue weighted by atomic mass is 31.2. The second kappa shape index (κ2) is 16.2. The van der Waals surface area contributed by atoms with Crippen LogP contribution in [0.1, 0.15) is 29.3 Å². The molecule has 4 aromatic rings. The molecule has 0 aliphatic carbocycles. The number of β-lactam (4-membered cyclic amide) rings is 1. The molecule has 0 spiro atoms. The molecule has 5 rings (SSSR count). The van der Waals surface area contributed by atoms with Crippen molar-refractivity contribution in [2.24, 2.45) is 11.7 Å². The van der Waals surface area contributed by atoms with Gasteiger partial charge in [-0.2, -0.15) is 0 Å². The monoisotopic (exact) mass is 708 g/mol. The number of amides is 2. The van der Waals surface area contributed by atoms with Crippen LogP contribution in [-0.2, 0) is 30.4 Å². The van der Waals surface area contributed by atoms with E-state index in [0.29, 0.717) is 21.5 Å². The lowest BCUT2D eigenvalue weighted by Gasteiger charge is -2.50. The Morgan fingerprint density at radius 3 is 1.90 bits per heavy atom. The molecule has 262 valence electrons. The molecule has 12 heteroatoms. The molecule has 1 aliphatic rings. The van der Waals surface area contributed by atoms with Gasteiger partial charge in [0, 0.05) is 18.9 Å². The van der Waals surface area contributed by atoms with Crippen molar-refractivity contribution in [2.75, 3.05) is 6.61 Å². The number of carbonyl (C=O) groups excluding carboxylic acids is 4. The van der Waals surface area contributed by atoms with Gasteiger partial charge in [-0.3, -0.25) is 9.59 Å². The third-order valence-corrected chi connectivity index (χ3v) is 12.8. The van der Waals surface area contributed by atoms with E-state index in [2.05, 4.69) is 6.58 Å². The van der Waals surface area contributed by atoms with Crippen molar-refractivity contribution in [2.45, 2.75) is 32.1 Å². The van der Waals surface area contributed by atoms with E-state index in [9.17, 15) is 29.1 Å². The molecule has 1 aliphatic heterocycles. The minimum atomic E-state index is -3.35. The number of hydrogen-bond donors (Lipinski definition) is 2. The lowest BCUT2D eigenvalue weighted by molar-refractivity contribution is -0.157. The molecule has 0 bridgehead atoms. The fourth-order valence-electron chi connectivity index (χ4n) is 6.42. The van der Waals surface area contributed by atoms with E-state index >= 15 is 0 Å². The number of nitrogens with two attached hydrogens (primary N) is 1. The molecule has 11 nitrogen and oxygen atoms in total. The van der Waals surface area contributed by atoms with Crippen molar-refractivity contribution in [3.05, 3.63) is 139 Å². The van der Waals surface area contributed by atoms with Crippen molar-refractivity contribution in [3.63, 3.8) is 0 Å². The summed E-state index contributed by atoms with van der Waals surface area (Å²) in [5, 5.41) is 13.3. The third kappa shape index (κ3) is 7.64. The van der Waals surface area contributed by atoms with E-state index in [1.165, 1.54) is 24.0 Å². The van der Waals surface area contributed by atoms with Crippen molar-refractivity contribution in [1.82, 2.24) is 4.90 Å². The van der Waals surface area contributed by atoms with Crippen molar-refractivity contribution >= 4 is 58.1 Å². The van der Waals surface area contributed by atoms with Crippen molar-refractivity contribution < 1.29 is 43.3 Å². The van der Waals surface area contributed by atoms with Gasteiger partial charge in [-0.05, 0) is 34.5 Å². The number of likely N-dealkylation sites (tertiary alicyclic amines) is 1. The van der Waals surface area contributed by atoms with Gasteiger partial charge < -0.3 is 30.0 Å². The van der Waals surface area contributed by atoms with E-state index < -0.39 is 54.9 Å². The Balaban J connectivity index is 1.72. The first-order valence-corrected chi connectivity index (χ1v) is 17.9. The normalized spacial score (nSPS) is 15.9. The van der Waals surface area contributed by atoms with Gasteiger partial charge in [-0.15, -0.1) is 0 Å². The fraction of sp³-hybridized carbons (Fsp3) is 0.179. The van der Waals surface area contributed by atoms with Crippen LogP contribution in [0.4, 0.5) is 9.59 Å². The summed E-state index contributed by atoms with van der Waals surface area (Å²) in [5.74, 6) is -3.47. The molecule has 1 saturated heterocycles. The van der Waals surface area contributed by atoms with Gasteiger partial charge in [-0.1, -0.05) is 122 Å². The summed E-state index contributed by atoms with van der Waals surface area (Å²) in [4.78, 5) is 67.2. The molecule has 3 N–H and O–H groups in total. The smallest absolute Gasteiger partial charge is 0.477 e. The summed E-state index contributed by atoms with van der Waals surface area (Å²) in [6, 6.07) is 32.8. The van der Waals surface area contributed by atoms with Gasteiger partial charge in [0.15, 0.2) is 5.78 Å². The van der Waals surface area contributed by atoms with Gasteiger partial charge in [0.1, 0.15) is 24.7 Å². The molecule has 0 unspecified atom stereocenters. The predicted molar refractivity (Wildman–Crippen MR) is 194 cm³/mol. The summed E-state index contributed by atoms with van der Waals surface area (Å²) in [5.41, 5.74) is 5.67. The predicted octanol–water partition coefficient (Wildman–Crippen LogP) is 4.62. The molecule has 1 fully saturated rings. The number of nitrogens with zero attached hydrogens (tertiary/aromatic N) is 1. The molecule has 0 radical (unpaired) electrons. The van der Waals surface area contributed by atoms with Gasteiger partial charge in [0.25, 0.3) is 0 Å². The minimum absolute atomic E-state index is 0.122. The fourth-order valence-corrected chi connectivity index (χ4v) is 10.8. The van der Waals surface area contributed by atoms with Crippen LogP contribution in [0.5, 0.6) is 0 Å². The van der Waals surface area contributed by atoms with Crippen LogP contribution < -0.4 is 21.6 Å². The number of rotatable bonds is 14. The van der Waals surface area contributed by atoms with E-state index in [1.54, 1.807) is 18.2 Å². The Morgan fingerprint density at radius 1 is 0.863 bits per heavy atom. The summed E-state index contributed by atoms with van der Waals surface area (Å²) in [6.45, 7) is 1.38. The Labute approximate surface area is 295 Å². The summed E-state index contributed by atoms with van der Waals surface area (Å²) >= 11 is 0. The van der Waals surface area contributed by atoms with Crippen molar-refractivity contribution in [3.8, 4) is 0 Å². The maximum absolute atomic E-state index is 14.5. The number of benzene rings is 4. The third-order valence-electron chi connectivity index (χ3n) is 8.57. The number of hydrogen-bond acceptors (Lipinski definition) is 8. The van der Waals surface area contributed by atoms with E-state index in [4.69, 9.17) is 19.9 Å². The maximum atomic E-state index is 14.5. The zero-order chi connectivity index (χ0) is 36.5. The number of ether oxygens (including phenoxy) is 3. The molecular formula is C39H37N2O9P. The maximum Gasteiger partial charge on any atom is 0.508 e.